The third kappa shape index (κ3) is 5.69. The number of nitrogens with zero attached hydrogens (tertiary/aromatic N) is 1. The van der Waals surface area contributed by atoms with Crippen molar-refractivity contribution in [1.82, 2.24) is 5.43 Å². The van der Waals surface area contributed by atoms with Crippen LogP contribution in [-0.4, -0.2) is 25.3 Å². The van der Waals surface area contributed by atoms with E-state index in [-0.39, 0.29) is 11.3 Å². The second kappa shape index (κ2) is 9.25. The van der Waals surface area contributed by atoms with Gasteiger partial charge in [-0.2, -0.15) is 22.7 Å². The minimum Gasteiger partial charge on any atom is -0.435 e. The van der Waals surface area contributed by atoms with E-state index in [2.05, 4.69) is 26.9 Å². The zero-order valence-electron chi connectivity index (χ0n) is 15.3. The number of nitrogens with one attached hydrogen (secondary N) is 1. The Morgan fingerprint density at radius 3 is 2.72 bits per heavy atom. The number of fused-ring (bicyclic) bond motifs is 1. The van der Waals surface area contributed by atoms with Crippen LogP contribution in [0.25, 0.3) is 0 Å². The van der Waals surface area contributed by atoms with Crippen molar-refractivity contribution in [2.24, 2.45) is 11.0 Å². The smallest absolute Gasteiger partial charge is 0.387 e. The number of halogens is 4. The fraction of sp³-hybridized carbons (Fsp3) is 0.368. The number of hydrogen-bond acceptors (Lipinski definition) is 5. The molecule has 0 fully saturated rings. The highest BCUT2D eigenvalue weighted by Crippen LogP contribution is 2.32. The molecule has 5 nitrogen and oxygen atoms in total. The molecule has 1 N–H and O–H groups in total. The lowest BCUT2D eigenvalue weighted by molar-refractivity contribution is -0.0543. The summed E-state index contributed by atoms with van der Waals surface area (Å²) in [6.45, 7) is -4.10. The monoisotopic (exact) mass is 430 g/mol. The average molecular weight is 430 g/mol. The second-order valence-electron chi connectivity index (χ2n) is 6.56. The lowest BCUT2D eigenvalue weighted by Gasteiger charge is -2.16. The number of alkyl halides is 4. The van der Waals surface area contributed by atoms with E-state index >= 15 is 0 Å². The van der Waals surface area contributed by atoms with Crippen LogP contribution in [0.3, 0.4) is 0 Å². The average Bonchev–Trinajstić information content (AvgIpc) is 3.05. The number of benzene rings is 1. The molecule has 3 rings (SSSR count). The highest BCUT2D eigenvalue weighted by molar-refractivity contribution is 7.14. The van der Waals surface area contributed by atoms with Crippen molar-refractivity contribution in [2.45, 2.75) is 39.4 Å². The third-order valence-electron chi connectivity index (χ3n) is 4.35. The van der Waals surface area contributed by atoms with Crippen LogP contribution in [-0.2, 0) is 12.8 Å². The molecule has 1 aromatic heterocycles. The van der Waals surface area contributed by atoms with E-state index in [1.54, 1.807) is 0 Å². The summed E-state index contributed by atoms with van der Waals surface area (Å²) >= 11 is 1.41. The van der Waals surface area contributed by atoms with Crippen LogP contribution in [0.1, 0.15) is 39.0 Å². The molecule has 1 amide bonds. The Kier molecular flexibility index (Phi) is 6.73. The molecule has 156 valence electrons. The number of carbonyl (C=O) groups excluding carboxylic acids is 1. The molecule has 1 aliphatic rings. The van der Waals surface area contributed by atoms with Gasteiger partial charge in [0.1, 0.15) is 11.5 Å². The van der Waals surface area contributed by atoms with Crippen LogP contribution in [0.2, 0.25) is 0 Å². The molecule has 1 heterocycles. The van der Waals surface area contributed by atoms with Crippen molar-refractivity contribution in [1.29, 1.82) is 0 Å². The number of amides is 1. The van der Waals surface area contributed by atoms with Gasteiger partial charge in [-0.15, -0.1) is 11.3 Å². The molecule has 0 radical (unpaired) electrons. The summed E-state index contributed by atoms with van der Waals surface area (Å²) in [7, 11) is 0. The van der Waals surface area contributed by atoms with Crippen molar-refractivity contribution in [2.75, 3.05) is 0 Å². The second-order valence-corrected chi connectivity index (χ2v) is 7.70. The summed E-state index contributed by atoms with van der Waals surface area (Å²) in [6.07, 6.45) is 4.06. The summed E-state index contributed by atoms with van der Waals surface area (Å²) in [6, 6.07) is 5.12. The molecule has 10 heteroatoms. The molecule has 0 spiro atoms. The van der Waals surface area contributed by atoms with Gasteiger partial charge in [0.15, 0.2) is 0 Å². The first kappa shape index (κ1) is 21.1. The molecule has 0 saturated carbocycles. The highest BCUT2D eigenvalue weighted by Gasteiger charge is 2.20. The SMILES string of the molecule is C[C@H]1CCc2sc(C(=O)N/N=C\c3ccc(OC(F)F)cc3OC(F)F)cc2C1. The van der Waals surface area contributed by atoms with Crippen LogP contribution < -0.4 is 14.9 Å². The molecule has 0 bridgehead atoms. The van der Waals surface area contributed by atoms with Gasteiger partial charge in [0.2, 0.25) is 0 Å². The maximum absolute atomic E-state index is 12.6. The van der Waals surface area contributed by atoms with Gasteiger partial charge in [-0.3, -0.25) is 4.79 Å². The van der Waals surface area contributed by atoms with E-state index in [9.17, 15) is 22.4 Å². The van der Waals surface area contributed by atoms with Gasteiger partial charge in [-0.05, 0) is 48.9 Å². The molecule has 1 atom stereocenters. The topological polar surface area (TPSA) is 59.9 Å². The quantitative estimate of drug-likeness (QED) is 0.389. The molecule has 0 saturated heterocycles. The minimum absolute atomic E-state index is 0.0616. The zero-order chi connectivity index (χ0) is 21.0. The van der Waals surface area contributed by atoms with Crippen LogP contribution in [0.15, 0.2) is 29.4 Å². The Balaban J connectivity index is 1.69. The number of hydrazone groups is 1. The number of ether oxygens (including phenoxy) is 2. The Morgan fingerprint density at radius 2 is 2.00 bits per heavy atom. The molecular weight excluding hydrogens is 412 g/mol. The number of thiophene rings is 1. The van der Waals surface area contributed by atoms with Crippen molar-refractivity contribution < 1.29 is 31.8 Å². The van der Waals surface area contributed by atoms with Gasteiger partial charge in [-0.25, -0.2) is 5.43 Å². The van der Waals surface area contributed by atoms with Gasteiger partial charge in [0, 0.05) is 16.5 Å². The number of aryl methyl sites for hydroxylation is 1. The Hall–Kier alpha value is -2.62. The number of hydrogen-bond donors (Lipinski definition) is 1. The van der Waals surface area contributed by atoms with E-state index < -0.39 is 24.9 Å². The van der Waals surface area contributed by atoms with Gasteiger partial charge < -0.3 is 9.47 Å². The fourth-order valence-corrected chi connectivity index (χ4v) is 4.13. The van der Waals surface area contributed by atoms with Crippen molar-refractivity contribution in [3.63, 3.8) is 0 Å². The summed E-state index contributed by atoms with van der Waals surface area (Å²) in [4.78, 5) is 14.0. The largest absolute Gasteiger partial charge is 0.435 e. The molecular formula is C19H18F4N2O3S. The predicted octanol–water partition coefficient (Wildman–Crippen LogP) is 4.84. The molecule has 0 aliphatic heterocycles. The normalized spacial score (nSPS) is 16.3. The Morgan fingerprint density at radius 1 is 1.24 bits per heavy atom. The summed E-state index contributed by atoms with van der Waals surface area (Å²) < 4.78 is 58.2. The van der Waals surface area contributed by atoms with Crippen molar-refractivity contribution in [3.8, 4) is 11.5 Å². The standard InChI is InChI=1S/C19H18F4N2O3S/c1-10-2-5-15-12(6-10)7-16(29-15)17(26)25-24-9-11-3-4-13(27-18(20)21)8-14(11)28-19(22)23/h3-4,7-10,18-19H,2,5-6H2,1H3,(H,25,26)/b24-9-/t10-/m0/s1. The Bertz CT molecular complexity index is 902. The summed E-state index contributed by atoms with van der Waals surface area (Å²) in [5.74, 6) is -0.578. The summed E-state index contributed by atoms with van der Waals surface area (Å²) in [5.41, 5.74) is 3.57. The van der Waals surface area contributed by atoms with Crippen molar-refractivity contribution >= 4 is 23.5 Å². The first-order valence-corrected chi connectivity index (χ1v) is 9.62. The van der Waals surface area contributed by atoms with E-state index in [1.807, 2.05) is 6.07 Å². The van der Waals surface area contributed by atoms with Gasteiger partial charge >= 0.3 is 13.2 Å². The minimum atomic E-state index is -3.17. The maximum Gasteiger partial charge on any atom is 0.387 e. The predicted molar refractivity (Wildman–Crippen MR) is 100 cm³/mol. The van der Waals surface area contributed by atoms with Gasteiger partial charge in [-0.1, -0.05) is 6.92 Å². The van der Waals surface area contributed by atoms with Crippen LogP contribution in [0.4, 0.5) is 17.6 Å². The lowest BCUT2D eigenvalue weighted by atomic mass is 9.90. The van der Waals surface area contributed by atoms with E-state index in [0.29, 0.717) is 10.8 Å². The molecule has 1 aliphatic carbocycles. The fourth-order valence-electron chi connectivity index (χ4n) is 3.03. The first-order valence-electron chi connectivity index (χ1n) is 8.80. The van der Waals surface area contributed by atoms with Crippen LogP contribution in [0.5, 0.6) is 11.5 Å². The van der Waals surface area contributed by atoms with Crippen LogP contribution in [0, 0.1) is 5.92 Å². The maximum atomic E-state index is 12.6. The number of carbonyl (C=O) groups is 1. The molecule has 2 aromatic rings. The molecule has 1 aromatic carbocycles. The van der Waals surface area contributed by atoms with E-state index in [4.69, 9.17) is 0 Å². The zero-order valence-corrected chi connectivity index (χ0v) is 16.1. The van der Waals surface area contributed by atoms with E-state index in [1.165, 1.54) is 27.8 Å². The van der Waals surface area contributed by atoms with Gasteiger partial charge in [0.05, 0.1) is 11.1 Å². The third-order valence-corrected chi connectivity index (χ3v) is 5.58. The van der Waals surface area contributed by atoms with Crippen LogP contribution >= 0.6 is 11.3 Å². The summed E-state index contributed by atoms with van der Waals surface area (Å²) in [5, 5.41) is 3.77. The highest BCUT2D eigenvalue weighted by atomic mass is 32.1. The first-order chi connectivity index (χ1) is 13.8. The van der Waals surface area contributed by atoms with E-state index in [0.717, 1.165) is 37.6 Å². The molecule has 0 unspecified atom stereocenters. The van der Waals surface area contributed by atoms with Gasteiger partial charge in [0.25, 0.3) is 5.91 Å². The van der Waals surface area contributed by atoms with Crippen molar-refractivity contribution in [3.05, 3.63) is 45.1 Å². The Labute approximate surface area is 168 Å². The molecule has 29 heavy (non-hydrogen) atoms. The number of rotatable bonds is 7. The lowest BCUT2D eigenvalue weighted by Crippen LogP contribution is -2.16.